The summed E-state index contributed by atoms with van der Waals surface area (Å²) in [5.41, 5.74) is 0.762. The first-order valence-corrected chi connectivity index (χ1v) is 8.57. The Morgan fingerprint density at radius 1 is 1.44 bits per heavy atom. The van der Waals surface area contributed by atoms with E-state index in [1.807, 2.05) is 25.2 Å². The van der Waals surface area contributed by atoms with Crippen molar-refractivity contribution in [2.24, 2.45) is 0 Å². The lowest BCUT2D eigenvalue weighted by Gasteiger charge is -2.29. The first-order valence-electron chi connectivity index (χ1n) is 7.78. The molecule has 0 saturated carbocycles. The van der Waals surface area contributed by atoms with Gasteiger partial charge in [0.05, 0.1) is 5.69 Å². The third-order valence-corrected chi connectivity index (χ3v) is 4.40. The Hall–Kier alpha value is -1.64. The summed E-state index contributed by atoms with van der Waals surface area (Å²) < 4.78 is 11.7. The topological polar surface area (TPSA) is 80.5 Å². The van der Waals surface area contributed by atoms with Crippen LogP contribution in [0.2, 0.25) is 0 Å². The monoisotopic (exact) mass is 430 g/mol. The average Bonchev–Trinajstić information content (AvgIpc) is 3.01. The number of hydrogen-bond acceptors (Lipinski definition) is 6. The molecule has 0 fully saturated rings. The van der Waals surface area contributed by atoms with Crippen LogP contribution >= 0.6 is 28.3 Å². The second-order valence-electron chi connectivity index (χ2n) is 5.69. The van der Waals surface area contributed by atoms with Crippen molar-refractivity contribution in [3.8, 4) is 5.75 Å². The van der Waals surface area contributed by atoms with Gasteiger partial charge in [0.15, 0.2) is 12.4 Å². The summed E-state index contributed by atoms with van der Waals surface area (Å²) in [6.07, 6.45) is 1.20. The van der Waals surface area contributed by atoms with Crippen LogP contribution in [-0.2, 0) is 17.6 Å². The van der Waals surface area contributed by atoms with Gasteiger partial charge < -0.3 is 19.5 Å². The van der Waals surface area contributed by atoms with Gasteiger partial charge in [-0.05, 0) is 32.2 Å². The Kier molecular flexibility index (Phi) is 6.80. The van der Waals surface area contributed by atoms with Crippen LogP contribution < -0.4 is 15.0 Å². The molecule has 0 bridgehead atoms. The van der Waals surface area contributed by atoms with E-state index in [0.717, 1.165) is 10.2 Å². The standard InChI is InChI=1S/C16H19BrN4O3.ClH/c1-10(18-2)7-14-19-15(24-20-14)5-6-21-12-4-3-11(17)8-13(12)23-9-16(21)22;/h3-4,8,10,18H,5-7,9H2,1-2H3;1H. The predicted molar refractivity (Wildman–Crippen MR) is 99.5 cm³/mol. The van der Waals surface area contributed by atoms with Gasteiger partial charge in [-0.2, -0.15) is 4.98 Å². The van der Waals surface area contributed by atoms with Gasteiger partial charge in [-0.1, -0.05) is 21.1 Å². The zero-order valence-electron chi connectivity index (χ0n) is 14.0. The lowest BCUT2D eigenvalue weighted by molar-refractivity contribution is -0.121. The van der Waals surface area contributed by atoms with E-state index in [1.54, 1.807) is 4.90 Å². The number of aromatic nitrogens is 2. The maximum atomic E-state index is 12.2. The van der Waals surface area contributed by atoms with Crippen LogP contribution in [0, 0.1) is 0 Å². The van der Waals surface area contributed by atoms with Gasteiger partial charge >= 0.3 is 0 Å². The van der Waals surface area contributed by atoms with E-state index in [9.17, 15) is 4.79 Å². The molecule has 1 aromatic carbocycles. The highest BCUT2D eigenvalue weighted by Gasteiger charge is 2.26. The number of rotatable bonds is 6. The highest BCUT2D eigenvalue weighted by atomic mass is 79.9. The van der Waals surface area contributed by atoms with E-state index in [4.69, 9.17) is 9.26 Å². The molecule has 1 amide bonds. The Balaban J connectivity index is 0.00000225. The molecular weight excluding hydrogens is 412 g/mol. The highest BCUT2D eigenvalue weighted by Crippen LogP contribution is 2.34. The smallest absolute Gasteiger partial charge is 0.265 e. The maximum absolute atomic E-state index is 12.2. The molecule has 9 heteroatoms. The molecule has 25 heavy (non-hydrogen) atoms. The SMILES string of the molecule is CNC(C)Cc1noc(CCN2C(=O)COc3cc(Br)ccc32)n1.Cl. The molecule has 0 spiro atoms. The molecule has 2 heterocycles. The van der Waals surface area contributed by atoms with E-state index in [-0.39, 0.29) is 31.0 Å². The lowest BCUT2D eigenvalue weighted by Crippen LogP contribution is -2.40. The summed E-state index contributed by atoms with van der Waals surface area (Å²) in [5.74, 6) is 1.82. The normalized spacial score (nSPS) is 14.5. The summed E-state index contributed by atoms with van der Waals surface area (Å²) in [5, 5.41) is 7.12. The average molecular weight is 432 g/mol. The van der Waals surface area contributed by atoms with Gasteiger partial charge in [0.25, 0.3) is 5.91 Å². The van der Waals surface area contributed by atoms with Crippen LogP contribution in [0.1, 0.15) is 18.6 Å². The largest absolute Gasteiger partial charge is 0.482 e. The van der Waals surface area contributed by atoms with E-state index in [2.05, 4.69) is 38.3 Å². The predicted octanol–water partition coefficient (Wildman–Crippen LogP) is 2.37. The Morgan fingerprint density at radius 2 is 2.24 bits per heavy atom. The first kappa shape index (κ1) is 19.7. The fourth-order valence-corrected chi connectivity index (χ4v) is 2.82. The number of fused-ring (bicyclic) bond motifs is 1. The third-order valence-electron chi connectivity index (χ3n) is 3.91. The Morgan fingerprint density at radius 3 is 3.00 bits per heavy atom. The number of nitrogens with zero attached hydrogens (tertiary/aromatic N) is 3. The summed E-state index contributed by atoms with van der Waals surface area (Å²) in [4.78, 5) is 18.3. The summed E-state index contributed by atoms with van der Waals surface area (Å²) in [6, 6.07) is 5.89. The van der Waals surface area contributed by atoms with Crippen LogP contribution in [0.15, 0.2) is 27.2 Å². The van der Waals surface area contributed by atoms with Crippen LogP contribution in [0.25, 0.3) is 0 Å². The van der Waals surface area contributed by atoms with Crippen molar-refractivity contribution < 1.29 is 14.1 Å². The molecule has 1 atom stereocenters. The number of carbonyl (C=O) groups excluding carboxylic acids is 1. The minimum atomic E-state index is -0.0756. The molecule has 1 aromatic heterocycles. The number of anilines is 1. The molecule has 0 radical (unpaired) electrons. The number of hydrogen-bond donors (Lipinski definition) is 1. The Labute approximate surface area is 160 Å². The number of carbonyl (C=O) groups is 1. The van der Waals surface area contributed by atoms with Crippen molar-refractivity contribution in [1.82, 2.24) is 15.5 Å². The van der Waals surface area contributed by atoms with Crippen molar-refractivity contribution in [3.63, 3.8) is 0 Å². The maximum Gasteiger partial charge on any atom is 0.265 e. The molecule has 1 aliphatic heterocycles. The Bertz CT molecular complexity index is 740. The summed E-state index contributed by atoms with van der Waals surface area (Å²) in [7, 11) is 1.89. The fraction of sp³-hybridized carbons (Fsp3) is 0.438. The van der Waals surface area contributed by atoms with Crippen LogP contribution in [0.4, 0.5) is 5.69 Å². The zero-order chi connectivity index (χ0) is 17.1. The second kappa shape index (κ2) is 8.64. The van der Waals surface area contributed by atoms with Gasteiger partial charge in [0.2, 0.25) is 5.89 Å². The number of halogens is 2. The van der Waals surface area contributed by atoms with Gasteiger partial charge in [0, 0.05) is 29.9 Å². The van der Waals surface area contributed by atoms with E-state index < -0.39 is 0 Å². The van der Waals surface area contributed by atoms with Crippen molar-refractivity contribution in [2.45, 2.75) is 25.8 Å². The number of benzene rings is 1. The van der Waals surface area contributed by atoms with Crippen molar-refractivity contribution in [3.05, 3.63) is 34.4 Å². The van der Waals surface area contributed by atoms with Crippen LogP contribution in [-0.4, -0.2) is 42.3 Å². The number of nitrogens with one attached hydrogen (secondary N) is 1. The molecule has 3 rings (SSSR count). The van der Waals surface area contributed by atoms with Gasteiger partial charge in [0.1, 0.15) is 5.75 Å². The summed E-state index contributed by atoms with van der Waals surface area (Å²) >= 11 is 3.41. The lowest BCUT2D eigenvalue weighted by atomic mass is 10.2. The second-order valence-corrected chi connectivity index (χ2v) is 6.61. The van der Waals surface area contributed by atoms with Crippen LogP contribution in [0.3, 0.4) is 0 Å². The number of ether oxygens (including phenoxy) is 1. The van der Waals surface area contributed by atoms with Crippen LogP contribution in [0.5, 0.6) is 5.75 Å². The third kappa shape index (κ3) is 4.71. The van der Waals surface area contributed by atoms with E-state index in [0.29, 0.717) is 36.9 Å². The molecule has 0 saturated heterocycles. The molecular formula is C16H20BrClN4O3. The molecule has 136 valence electrons. The van der Waals surface area contributed by atoms with Crippen molar-refractivity contribution in [2.75, 3.05) is 25.1 Å². The quantitative estimate of drug-likeness (QED) is 0.756. The summed E-state index contributed by atoms with van der Waals surface area (Å²) in [6.45, 7) is 2.57. The molecule has 2 aromatic rings. The van der Waals surface area contributed by atoms with Crippen molar-refractivity contribution >= 4 is 39.9 Å². The molecule has 0 aliphatic carbocycles. The zero-order valence-corrected chi connectivity index (χ0v) is 16.4. The molecule has 1 unspecified atom stereocenters. The highest BCUT2D eigenvalue weighted by molar-refractivity contribution is 9.10. The van der Waals surface area contributed by atoms with Gasteiger partial charge in [-0.15, -0.1) is 12.4 Å². The first-order chi connectivity index (χ1) is 11.6. The van der Waals surface area contributed by atoms with E-state index >= 15 is 0 Å². The van der Waals surface area contributed by atoms with Gasteiger partial charge in [-0.25, -0.2) is 0 Å². The minimum Gasteiger partial charge on any atom is -0.482 e. The molecule has 1 aliphatic rings. The molecule has 7 nitrogen and oxygen atoms in total. The number of amides is 1. The number of likely N-dealkylation sites (N-methyl/N-ethyl adjacent to an activating group) is 1. The van der Waals surface area contributed by atoms with E-state index in [1.165, 1.54) is 0 Å². The van der Waals surface area contributed by atoms with Gasteiger partial charge in [-0.3, -0.25) is 4.79 Å². The minimum absolute atomic E-state index is 0. The molecule has 1 N–H and O–H groups in total. The van der Waals surface area contributed by atoms with Crippen molar-refractivity contribution in [1.29, 1.82) is 0 Å². The fourth-order valence-electron chi connectivity index (χ4n) is 2.48.